The normalized spacial score (nSPS) is 14.8. The Morgan fingerprint density at radius 1 is 1.42 bits per heavy atom. The third-order valence-electron chi connectivity index (χ3n) is 1.68. The second kappa shape index (κ2) is 2.77. The Morgan fingerprint density at radius 2 is 2.25 bits per heavy atom. The Morgan fingerprint density at radius 3 is 3.17 bits per heavy atom. The molecule has 12 heavy (non-hydrogen) atoms. The van der Waals surface area contributed by atoms with Crippen LogP contribution >= 0.6 is 0 Å². The Labute approximate surface area is 70.1 Å². The van der Waals surface area contributed by atoms with Crippen molar-refractivity contribution in [2.45, 2.75) is 0 Å². The maximum absolute atomic E-state index is 11.3. The molecule has 1 amide bonds. The van der Waals surface area contributed by atoms with Crippen LogP contribution in [0.1, 0.15) is 10.4 Å². The number of hydrogen-bond donors (Lipinski definition) is 1. The predicted octanol–water partition coefficient (Wildman–Crippen LogP) is 1.01. The van der Waals surface area contributed by atoms with Crippen molar-refractivity contribution < 1.29 is 4.79 Å². The average Bonchev–Trinajstić information content (AvgIpc) is 2.29. The second-order valence-corrected chi connectivity index (χ2v) is 2.47. The van der Waals surface area contributed by atoms with E-state index in [1.165, 1.54) is 0 Å². The number of aliphatic imine (C=N–C) groups is 1. The van der Waals surface area contributed by atoms with Gasteiger partial charge in [-0.2, -0.15) is 0 Å². The summed E-state index contributed by atoms with van der Waals surface area (Å²) in [6.07, 6.45) is 2.73. The van der Waals surface area contributed by atoms with E-state index in [-0.39, 0.29) is 5.91 Å². The van der Waals surface area contributed by atoms with E-state index >= 15 is 0 Å². The number of hydrogen-bond acceptors (Lipinski definition) is 2. The minimum atomic E-state index is -0.0839. The van der Waals surface area contributed by atoms with E-state index in [2.05, 4.69) is 16.5 Å². The highest BCUT2D eigenvalue weighted by Crippen LogP contribution is 2.18. The first-order valence-corrected chi connectivity index (χ1v) is 3.69. The van der Waals surface area contributed by atoms with Gasteiger partial charge in [-0.1, -0.05) is 12.1 Å². The molecule has 0 bridgehead atoms. The average molecular weight is 159 g/mol. The molecule has 1 aliphatic rings. The summed E-state index contributed by atoms with van der Waals surface area (Å²) in [4.78, 5) is 15.3. The maximum Gasteiger partial charge on any atom is 0.253 e. The maximum atomic E-state index is 11.3. The fourth-order valence-electron chi connectivity index (χ4n) is 1.10. The van der Waals surface area contributed by atoms with Crippen molar-refractivity contribution in [1.29, 1.82) is 0 Å². The van der Waals surface area contributed by atoms with Gasteiger partial charge >= 0.3 is 0 Å². The van der Waals surface area contributed by atoms with Crippen LogP contribution in [0.15, 0.2) is 29.3 Å². The first-order valence-electron chi connectivity index (χ1n) is 3.69. The molecule has 1 radical (unpaired) electrons. The van der Waals surface area contributed by atoms with Gasteiger partial charge in [0.1, 0.15) is 0 Å². The van der Waals surface area contributed by atoms with Crippen LogP contribution in [0, 0.1) is 0 Å². The van der Waals surface area contributed by atoms with E-state index in [0.717, 1.165) is 0 Å². The fraction of sp³-hybridized carbons (Fsp3) is 0.111. The van der Waals surface area contributed by atoms with Crippen molar-refractivity contribution in [2.24, 2.45) is 4.99 Å². The molecular formula is C9H7N2O. The third-order valence-corrected chi connectivity index (χ3v) is 1.68. The lowest BCUT2D eigenvalue weighted by Gasteiger charge is -1.99. The van der Waals surface area contributed by atoms with Gasteiger partial charge in [0.05, 0.1) is 24.0 Å². The van der Waals surface area contributed by atoms with E-state index in [9.17, 15) is 4.79 Å². The van der Waals surface area contributed by atoms with Crippen LogP contribution in [0.4, 0.5) is 5.69 Å². The van der Waals surface area contributed by atoms with Crippen molar-refractivity contribution in [3.8, 4) is 0 Å². The summed E-state index contributed by atoms with van der Waals surface area (Å²) in [5.41, 5.74) is 1.30. The summed E-state index contributed by atoms with van der Waals surface area (Å²) >= 11 is 0. The molecule has 0 spiro atoms. The van der Waals surface area contributed by atoms with Gasteiger partial charge < -0.3 is 5.32 Å². The van der Waals surface area contributed by atoms with Gasteiger partial charge in [-0.25, -0.2) is 4.99 Å². The Kier molecular flexibility index (Phi) is 1.63. The van der Waals surface area contributed by atoms with Gasteiger partial charge in [-0.15, -0.1) is 0 Å². The number of carbonyl (C=O) groups is 1. The van der Waals surface area contributed by atoms with Crippen molar-refractivity contribution >= 4 is 17.8 Å². The van der Waals surface area contributed by atoms with E-state index < -0.39 is 0 Å². The molecule has 1 N–H and O–H groups in total. The summed E-state index contributed by atoms with van der Waals surface area (Å²) in [5, 5.41) is 2.66. The molecule has 3 heteroatoms. The highest BCUT2D eigenvalue weighted by molar-refractivity contribution is 6.01. The van der Waals surface area contributed by atoms with Crippen molar-refractivity contribution in [1.82, 2.24) is 5.32 Å². The summed E-state index contributed by atoms with van der Waals surface area (Å²) in [7, 11) is 0. The largest absolute Gasteiger partial charge is 0.346 e. The third kappa shape index (κ3) is 1.09. The van der Waals surface area contributed by atoms with Crippen LogP contribution < -0.4 is 5.32 Å². The lowest BCUT2D eigenvalue weighted by Crippen LogP contribution is -2.23. The molecule has 0 saturated heterocycles. The molecule has 1 aliphatic heterocycles. The van der Waals surface area contributed by atoms with Gasteiger partial charge in [-0.05, 0) is 12.1 Å². The SMILES string of the molecule is O=C1NC[C]=Nc2ccccc21. The van der Waals surface area contributed by atoms with Crippen LogP contribution in [0.3, 0.4) is 0 Å². The summed E-state index contributed by atoms with van der Waals surface area (Å²) in [6, 6.07) is 7.22. The van der Waals surface area contributed by atoms with Crippen molar-refractivity contribution in [3.63, 3.8) is 0 Å². The monoisotopic (exact) mass is 159 g/mol. The highest BCUT2D eigenvalue weighted by atomic mass is 16.1. The van der Waals surface area contributed by atoms with Crippen LogP contribution in [-0.4, -0.2) is 18.7 Å². The van der Waals surface area contributed by atoms with E-state index in [1.807, 2.05) is 12.1 Å². The molecule has 1 aromatic carbocycles. The second-order valence-electron chi connectivity index (χ2n) is 2.47. The van der Waals surface area contributed by atoms with Crippen LogP contribution in [0.25, 0.3) is 0 Å². The number of para-hydroxylation sites is 1. The van der Waals surface area contributed by atoms with Gasteiger partial charge in [0.25, 0.3) is 5.91 Å². The number of amides is 1. The first-order chi connectivity index (χ1) is 5.88. The lowest BCUT2D eigenvalue weighted by atomic mass is 10.2. The zero-order chi connectivity index (χ0) is 8.39. The molecule has 0 aromatic heterocycles. The number of benzene rings is 1. The van der Waals surface area contributed by atoms with Crippen LogP contribution in [0.2, 0.25) is 0 Å². The quantitative estimate of drug-likeness (QED) is 0.603. The van der Waals surface area contributed by atoms with Crippen LogP contribution in [-0.2, 0) is 0 Å². The number of carbonyl (C=O) groups excluding carboxylic acids is 1. The van der Waals surface area contributed by atoms with Crippen molar-refractivity contribution in [2.75, 3.05) is 6.54 Å². The molecule has 0 unspecified atom stereocenters. The zero-order valence-corrected chi connectivity index (χ0v) is 6.37. The van der Waals surface area contributed by atoms with E-state index in [0.29, 0.717) is 17.8 Å². The Bertz CT molecular complexity index is 344. The molecule has 0 aliphatic carbocycles. The van der Waals surface area contributed by atoms with E-state index in [1.54, 1.807) is 12.1 Å². The molecule has 0 fully saturated rings. The fourth-order valence-corrected chi connectivity index (χ4v) is 1.10. The summed E-state index contributed by atoms with van der Waals surface area (Å²) in [6.45, 7) is 0.382. The Balaban J connectivity index is 2.56. The minimum Gasteiger partial charge on any atom is -0.346 e. The molecule has 1 heterocycles. The summed E-state index contributed by atoms with van der Waals surface area (Å²) < 4.78 is 0. The number of nitrogens with one attached hydrogen (secondary N) is 1. The first kappa shape index (κ1) is 7.03. The summed E-state index contributed by atoms with van der Waals surface area (Å²) in [5.74, 6) is -0.0839. The Hall–Kier alpha value is -1.64. The van der Waals surface area contributed by atoms with E-state index in [4.69, 9.17) is 0 Å². The van der Waals surface area contributed by atoms with Gasteiger partial charge in [-0.3, -0.25) is 4.79 Å². The molecular weight excluding hydrogens is 152 g/mol. The molecule has 1 aromatic rings. The number of fused-ring (bicyclic) bond motifs is 1. The van der Waals surface area contributed by atoms with Gasteiger partial charge in [0, 0.05) is 0 Å². The molecule has 2 rings (SSSR count). The van der Waals surface area contributed by atoms with Crippen LogP contribution in [0.5, 0.6) is 0 Å². The highest BCUT2D eigenvalue weighted by Gasteiger charge is 2.10. The standard InChI is InChI=1S/C9H7N2O/c12-9-7-3-1-2-4-8(7)10-5-6-11-9/h1-4H,6H2,(H,11,12). The smallest absolute Gasteiger partial charge is 0.253 e. The number of nitrogens with zero attached hydrogens (tertiary/aromatic N) is 1. The minimum absolute atomic E-state index is 0.0839. The molecule has 0 saturated carbocycles. The number of rotatable bonds is 0. The molecule has 59 valence electrons. The lowest BCUT2D eigenvalue weighted by molar-refractivity contribution is 0.0961. The van der Waals surface area contributed by atoms with Gasteiger partial charge in [0.15, 0.2) is 0 Å². The molecule has 3 nitrogen and oxygen atoms in total. The zero-order valence-electron chi connectivity index (χ0n) is 6.37. The van der Waals surface area contributed by atoms with Gasteiger partial charge in [0.2, 0.25) is 0 Å². The van der Waals surface area contributed by atoms with Crippen molar-refractivity contribution in [3.05, 3.63) is 29.8 Å². The topological polar surface area (TPSA) is 41.5 Å². The molecule has 0 atom stereocenters. The predicted molar refractivity (Wildman–Crippen MR) is 45.9 cm³/mol.